The Morgan fingerprint density at radius 1 is 1.05 bits per heavy atom. The molecular weight excluding hydrogens is 250 g/mol. The van der Waals surface area contributed by atoms with Crippen molar-refractivity contribution in [2.24, 2.45) is 11.3 Å². The zero-order valence-corrected chi connectivity index (χ0v) is 13.9. The third-order valence-electron chi connectivity index (χ3n) is 5.56. The van der Waals surface area contributed by atoms with Gasteiger partial charge in [0, 0.05) is 12.6 Å². The molecule has 19 heavy (non-hydrogen) atoms. The molecule has 1 saturated carbocycles. The highest BCUT2D eigenvalue weighted by Gasteiger charge is 2.39. The van der Waals surface area contributed by atoms with Crippen LogP contribution in [0.15, 0.2) is 0 Å². The Hall–Kier alpha value is 0.310. The van der Waals surface area contributed by atoms with Gasteiger partial charge >= 0.3 is 0 Å². The van der Waals surface area contributed by atoms with E-state index >= 15 is 0 Å². The van der Waals surface area contributed by atoms with Crippen molar-refractivity contribution in [2.75, 3.05) is 18.8 Å². The molecule has 1 aliphatic carbocycles. The van der Waals surface area contributed by atoms with Crippen molar-refractivity contribution < 1.29 is 0 Å². The maximum Gasteiger partial charge on any atom is 0.0124 e. The van der Waals surface area contributed by atoms with Crippen LogP contribution < -0.4 is 0 Å². The smallest absolute Gasteiger partial charge is 0.0124 e. The zero-order valence-electron chi connectivity index (χ0n) is 13.0. The summed E-state index contributed by atoms with van der Waals surface area (Å²) in [6, 6.07) is 0.918. The lowest BCUT2D eigenvalue weighted by atomic mass is 9.79. The van der Waals surface area contributed by atoms with Crippen molar-refractivity contribution in [3.05, 3.63) is 0 Å². The van der Waals surface area contributed by atoms with Crippen LogP contribution in [0.4, 0.5) is 0 Å². The van der Waals surface area contributed by atoms with Crippen LogP contribution >= 0.6 is 12.6 Å². The predicted octanol–water partition coefficient (Wildman–Crippen LogP) is 4.77. The van der Waals surface area contributed by atoms with Gasteiger partial charge < -0.3 is 0 Å². The Kier molecular flexibility index (Phi) is 6.08. The van der Waals surface area contributed by atoms with Gasteiger partial charge in [0.1, 0.15) is 0 Å². The molecule has 2 unspecified atom stereocenters. The largest absolute Gasteiger partial charge is 0.300 e. The van der Waals surface area contributed by atoms with Gasteiger partial charge in [-0.25, -0.2) is 0 Å². The van der Waals surface area contributed by atoms with Crippen LogP contribution in [0, 0.1) is 11.3 Å². The van der Waals surface area contributed by atoms with Crippen molar-refractivity contribution in [1.82, 2.24) is 4.90 Å². The van der Waals surface area contributed by atoms with Crippen LogP contribution in [0.2, 0.25) is 0 Å². The minimum Gasteiger partial charge on any atom is -0.300 e. The summed E-state index contributed by atoms with van der Waals surface area (Å²) in [6.07, 6.45) is 12.7. The van der Waals surface area contributed by atoms with Gasteiger partial charge in [0.2, 0.25) is 0 Å². The fraction of sp³-hybridized carbons (Fsp3) is 1.00. The van der Waals surface area contributed by atoms with Crippen LogP contribution in [0.3, 0.4) is 0 Å². The first-order valence-electron chi connectivity index (χ1n) is 8.59. The molecule has 0 radical (unpaired) electrons. The highest BCUT2D eigenvalue weighted by molar-refractivity contribution is 7.80. The summed E-state index contributed by atoms with van der Waals surface area (Å²) < 4.78 is 0. The first kappa shape index (κ1) is 15.7. The Morgan fingerprint density at radius 3 is 2.37 bits per heavy atom. The molecule has 1 saturated heterocycles. The lowest BCUT2D eigenvalue weighted by Gasteiger charge is -2.40. The normalized spacial score (nSPS) is 28.6. The molecule has 1 nitrogen and oxygen atoms in total. The van der Waals surface area contributed by atoms with Gasteiger partial charge in [0.15, 0.2) is 0 Å². The summed E-state index contributed by atoms with van der Waals surface area (Å²) in [7, 11) is 0. The number of fused-ring (bicyclic) bond motifs is 1. The van der Waals surface area contributed by atoms with Crippen molar-refractivity contribution in [3.63, 3.8) is 0 Å². The molecule has 2 fully saturated rings. The molecule has 0 spiro atoms. The monoisotopic (exact) mass is 283 g/mol. The fourth-order valence-corrected chi connectivity index (χ4v) is 5.10. The second-order valence-corrected chi connectivity index (χ2v) is 7.35. The van der Waals surface area contributed by atoms with Crippen molar-refractivity contribution in [3.8, 4) is 0 Å². The van der Waals surface area contributed by atoms with Crippen molar-refractivity contribution >= 4 is 12.6 Å². The molecule has 2 rings (SSSR count). The molecule has 1 heterocycles. The number of nitrogens with zero attached hydrogens (tertiary/aromatic N) is 1. The van der Waals surface area contributed by atoms with Gasteiger partial charge in [-0.1, -0.05) is 39.5 Å². The van der Waals surface area contributed by atoms with Gasteiger partial charge in [0.25, 0.3) is 0 Å². The second-order valence-electron chi connectivity index (χ2n) is 7.03. The third kappa shape index (κ3) is 3.69. The summed E-state index contributed by atoms with van der Waals surface area (Å²) in [5, 5.41) is 0. The molecule has 0 bridgehead atoms. The Balaban J connectivity index is 1.99. The van der Waals surface area contributed by atoms with Gasteiger partial charge in [-0.15, -0.1) is 0 Å². The van der Waals surface area contributed by atoms with E-state index in [2.05, 4.69) is 18.7 Å². The van der Waals surface area contributed by atoms with Gasteiger partial charge in [-0.3, -0.25) is 4.90 Å². The summed E-state index contributed by atoms with van der Waals surface area (Å²) in [6.45, 7) is 7.35. The molecule has 0 amide bonds. The number of hydrogen-bond acceptors (Lipinski definition) is 2. The van der Waals surface area contributed by atoms with Crippen LogP contribution in [0.1, 0.15) is 71.6 Å². The van der Waals surface area contributed by atoms with E-state index in [1.165, 1.54) is 70.9 Å². The van der Waals surface area contributed by atoms with Gasteiger partial charge in [-0.2, -0.15) is 12.6 Å². The molecule has 1 aliphatic heterocycles. The summed E-state index contributed by atoms with van der Waals surface area (Å²) in [5.74, 6) is 2.09. The minimum atomic E-state index is 0.485. The average Bonchev–Trinajstić information content (AvgIpc) is 2.83. The Bertz CT molecular complexity index is 260. The molecule has 0 aromatic carbocycles. The lowest BCUT2D eigenvalue weighted by molar-refractivity contribution is 0.109. The number of thiol groups is 1. The second kappa shape index (κ2) is 7.36. The SMILES string of the molecule is CCCC(CS)(CCC)CN1CCC2CCCCC21. The van der Waals surface area contributed by atoms with Gasteiger partial charge in [0.05, 0.1) is 0 Å². The first-order chi connectivity index (χ1) is 9.24. The van der Waals surface area contributed by atoms with Crippen molar-refractivity contribution in [1.29, 1.82) is 0 Å². The zero-order chi connectivity index (χ0) is 13.7. The lowest BCUT2D eigenvalue weighted by Crippen LogP contribution is -2.43. The van der Waals surface area contributed by atoms with E-state index in [1.54, 1.807) is 0 Å². The standard InChI is InChI=1S/C17H33NS/c1-3-10-17(14-19,11-4-2)13-18-12-9-15-7-5-6-8-16(15)18/h15-16,19H,3-14H2,1-2H3. The topological polar surface area (TPSA) is 3.24 Å². The van der Waals surface area contributed by atoms with Crippen LogP contribution in [0.25, 0.3) is 0 Å². The molecule has 2 heteroatoms. The molecular formula is C17H33NS. The third-order valence-corrected chi connectivity index (χ3v) is 6.23. The molecule has 2 aliphatic rings. The van der Waals surface area contributed by atoms with E-state index in [0.717, 1.165) is 17.7 Å². The number of likely N-dealkylation sites (tertiary alicyclic amines) is 1. The van der Waals surface area contributed by atoms with E-state index in [-0.39, 0.29) is 0 Å². The average molecular weight is 284 g/mol. The predicted molar refractivity (Wildman–Crippen MR) is 88.0 cm³/mol. The molecule has 0 aromatic heterocycles. The quantitative estimate of drug-likeness (QED) is 0.659. The van der Waals surface area contributed by atoms with Crippen LogP contribution in [-0.2, 0) is 0 Å². The fourth-order valence-electron chi connectivity index (χ4n) is 4.68. The maximum absolute atomic E-state index is 4.73. The summed E-state index contributed by atoms with van der Waals surface area (Å²) in [4.78, 5) is 2.85. The minimum absolute atomic E-state index is 0.485. The Morgan fingerprint density at radius 2 is 1.74 bits per heavy atom. The molecule has 0 N–H and O–H groups in total. The summed E-state index contributed by atoms with van der Waals surface area (Å²) in [5.41, 5.74) is 0.485. The van der Waals surface area contributed by atoms with E-state index in [0.29, 0.717) is 5.41 Å². The maximum atomic E-state index is 4.73. The number of hydrogen-bond donors (Lipinski definition) is 1. The molecule has 2 atom stereocenters. The highest BCUT2D eigenvalue weighted by atomic mass is 32.1. The van der Waals surface area contributed by atoms with Gasteiger partial charge in [-0.05, 0) is 55.7 Å². The summed E-state index contributed by atoms with van der Waals surface area (Å²) >= 11 is 4.73. The highest BCUT2D eigenvalue weighted by Crippen LogP contribution is 2.40. The number of rotatable bonds is 7. The van der Waals surface area contributed by atoms with Crippen molar-refractivity contribution in [2.45, 2.75) is 77.7 Å². The van der Waals surface area contributed by atoms with Crippen LogP contribution in [-0.4, -0.2) is 29.8 Å². The van der Waals surface area contributed by atoms with E-state index < -0.39 is 0 Å². The van der Waals surface area contributed by atoms with E-state index in [9.17, 15) is 0 Å². The first-order valence-corrected chi connectivity index (χ1v) is 9.23. The Labute approximate surface area is 125 Å². The van der Waals surface area contributed by atoms with E-state index in [4.69, 9.17) is 12.6 Å². The molecule has 0 aromatic rings. The van der Waals surface area contributed by atoms with E-state index in [1.807, 2.05) is 0 Å². The molecule has 112 valence electrons. The van der Waals surface area contributed by atoms with Crippen LogP contribution in [0.5, 0.6) is 0 Å².